The highest BCUT2D eigenvalue weighted by Gasteiger charge is 2.11. The van der Waals surface area contributed by atoms with Crippen molar-refractivity contribution >= 4 is 29.9 Å². The molecule has 0 aliphatic carbocycles. The number of benzene rings is 2. The smallest absolute Gasteiger partial charge is 0.191 e. The monoisotopic (exact) mass is 538 g/mol. The van der Waals surface area contributed by atoms with Crippen LogP contribution in [0.15, 0.2) is 47.5 Å². The minimum absolute atomic E-state index is 0. The van der Waals surface area contributed by atoms with Gasteiger partial charge in [0.05, 0.1) is 26.9 Å². The molecule has 0 saturated carbocycles. The van der Waals surface area contributed by atoms with Gasteiger partial charge >= 0.3 is 0 Å². The molecule has 0 aromatic heterocycles. The molecular formula is C24H35IN4O2. The van der Waals surface area contributed by atoms with Gasteiger partial charge in [0.1, 0.15) is 5.75 Å². The second kappa shape index (κ2) is 13.5. The van der Waals surface area contributed by atoms with Gasteiger partial charge < -0.3 is 20.1 Å². The van der Waals surface area contributed by atoms with E-state index < -0.39 is 0 Å². The van der Waals surface area contributed by atoms with E-state index in [1.165, 1.54) is 16.7 Å². The zero-order chi connectivity index (χ0) is 21.2. The highest BCUT2D eigenvalue weighted by atomic mass is 127. The summed E-state index contributed by atoms with van der Waals surface area (Å²) in [6, 6.07) is 15.0. The fourth-order valence-corrected chi connectivity index (χ4v) is 3.53. The van der Waals surface area contributed by atoms with E-state index in [-0.39, 0.29) is 24.0 Å². The van der Waals surface area contributed by atoms with Crippen LogP contribution in [-0.2, 0) is 24.4 Å². The summed E-state index contributed by atoms with van der Waals surface area (Å²) in [6.07, 6.45) is 0. The number of aryl methyl sites for hydroxylation is 1. The lowest BCUT2D eigenvalue weighted by Crippen LogP contribution is -2.36. The summed E-state index contributed by atoms with van der Waals surface area (Å²) in [4.78, 5) is 7.22. The molecular weight excluding hydrogens is 503 g/mol. The number of aliphatic imine (C=N–C) groups is 1. The first-order valence-electron chi connectivity index (χ1n) is 10.7. The molecule has 2 aromatic carbocycles. The van der Waals surface area contributed by atoms with E-state index in [1.54, 1.807) is 7.11 Å². The number of methoxy groups -OCH3 is 1. The molecule has 31 heavy (non-hydrogen) atoms. The van der Waals surface area contributed by atoms with Crippen LogP contribution in [0.2, 0.25) is 0 Å². The van der Waals surface area contributed by atoms with Crippen LogP contribution in [0.4, 0.5) is 0 Å². The molecule has 170 valence electrons. The number of morpholine rings is 1. The number of nitrogens with zero attached hydrogens (tertiary/aromatic N) is 2. The lowest BCUT2D eigenvalue weighted by Gasteiger charge is -2.26. The van der Waals surface area contributed by atoms with E-state index in [4.69, 9.17) is 14.5 Å². The van der Waals surface area contributed by atoms with Crippen molar-refractivity contribution in [1.82, 2.24) is 15.5 Å². The fraction of sp³-hybridized carbons (Fsp3) is 0.458. The summed E-state index contributed by atoms with van der Waals surface area (Å²) in [5, 5.41) is 6.75. The molecule has 1 aliphatic heterocycles. The number of rotatable bonds is 8. The van der Waals surface area contributed by atoms with Crippen LogP contribution >= 0.6 is 24.0 Å². The Morgan fingerprint density at radius 2 is 1.87 bits per heavy atom. The van der Waals surface area contributed by atoms with Gasteiger partial charge in [-0.1, -0.05) is 36.4 Å². The minimum atomic E-state index is 0. The maximum absolute atomic E-state index is 5.51. The quantitative estimate of drug-likeness (QED) is 0.305. The zero-order valence-corrected chi connectivity index (χ0v) is 21.1. The second-order valence-corrected chi connectivity index (χ2v) is 7.57. The molecule has 2 N–H and O–H groups in total. The number of nitrogens with one attached hydrogen (secondary N) is 2. The molecule has 0 unspecified atom stereocenters. The third-order valence-electron chi connectivity index (χ3n) is 5.15. The Hall–Kier alpha value is -1.84. The number of ether oxygens (including phenoxy) is 2. The van der Waals surface area contributed by atoms with Gasteiger partial charge in [0.25, 0.3) is 0 Å². The number of hydrogen-bond acceptors (Lipinski definition) is 4. The Kier molecular flexibility index (Phi) is 11.1. The van der Waals surface area contributed by atoms with Crippen molar-refractivity contribution in [1.29, 1.82) is 0 Å². The van der Waals surface area contributed by atoms with Crippen LogP contribution in [0.1, 0.15) is 29.2 Å². The van der Waals surface area contributed by atoms with Crippen LogP contribution in [-0.4, -0.2) is 50.8 Å². The molecule has 0 spiro atoms. The average Bonchev–Trinajstić information content (AvgIpc) is 2.77. The third kappa shape index (κ3) is 8.31. The highest BCUT2D eigenvalue weighted by molar-refractivity contribution is 14.0. The summed E-state index contributed by atoms with van der Waals surface area (Å²) >= 11 is 0. The number of guanidine groups is 1. The van der Waals surface area contributed by atoms with Crippen LogP contribution in [0.25, 0.3) is 0 Å². The van der Waals surface area contributed by atoms with E-state index in [0.717, 1.165) is 56.7 Å². The topological polar surface area (TPSA) is 58.1 Å². The Labute approximate surface area is 203 Å². The van der Waals surface area contributed by atoms with Crippen molar-refractivity contribution in [3.63, 3.8) is 0 Å². The normalized spacial score (nSPS) is 14.6. The molecule has 1 aliphatic rings. The summed E-state index contributed by atoms with van der Waals surface area (Å²) in [7, 11) is 1.71. The maximum Gasteiger partial charge on any atom is 0.191 e. The predicted molar refractivity (Wildman–Crippen MR) is 137 cm³/mol. The summed E-state index contributed by atoms with van der Waals surface area (Å²) in [5.41, 5.74) is 4.84. The van der Waals surface area contributed by atoms with Crippen LogP contribution in [0.3, 0.4) is 0 Å². The van der Waals surface area contributed by atoms with Crippen molar-refractivity contribution in [3.05, 3.63) is 64.7 Å². The average molecular weight is 538 g/mol. The molecule has 0 atom stereocenters. The van der Waals surface area contributed by atoms with Gasteiger partial charge in [-0.05, 0) is 36.6 Å². The first-order valence-corrected chi connectivity index (χ1v) is 10.7. The Morgan fingerprint density at radius 1 is 1.10 bits per heavy atom. The van der Waals surface area contributed by atoms with Crippen molar-refractivity contribution < 1.29 is 9.47 Å². The van der Waals surface area contributed by atoms with E-state index >= 15 is 0 Å². The van der Waals surface area contributed by atoms with Crippen LogP contribution in [0.5, 0.6) is 5.75 Å². The van der Waals surface area contributed by atoms with Gasteiger partial charge in [0.15, 0.2) is 5.96 Å². The van der Waals surface area contributed by atoms with Crippen molar-refractivity contribution in [2.24, 2.45) is 4.99 Å². The van der Waals surface area contributed by atoms with Crippen molar-refractivity contribution in [2.45, 2.75) is 33.5 Å². The molecule has 1 heterocycles. The summed E-state index contributed by atoms with van der Waals surface area (Å²) in [5.74, 6) is 1.70. The Bertz CT molecular complexity index is 838. The summed E-state index contributed by atoms with van der Waals surface area (Å²) < 4.78 is 11.0. The molecule has 1 saturated heterocycles. The molecule has 2 aromatic rings. The molecule has 7 heteroatoms. The van der Waals surface area contributed by atoms with Crippen LogP contribution < -0.4 is 15.4 Å². The summed E-state index contributed by atoms with van der Waals surface area (Å²) in [6.45, 7) is 10.9. The van der Waals surface area contributed by atoms with Crippen molar-refractivity contribution in [3.8, 4) is 5.75 Å². The molecule has 0 radical (unpaired) electrons. The molecule has 0 amide bonds. The largest absolute Gasteiger partial charge is 0.496 e. The van der Waals surface area contributed by atoms with E-state index in [0.29, 0.717) is 13.1 Å². The third-order valence-corrected chi connectivity index (χ3v) is 5.15. The first-order chi connectivity index (χ1) is 14.7. The van der Waals surface area contributed by atoms with Crippen LogP contribution in [0, 0.1) is 6.92 Å². The fourth-order valence-electron chi connectivity index (χ4n) is 3.53. The van der Waals surface area contributed by atoms with Gasteiger partial charge in [-0.3, -0.25) is 4.90 Å². The second-order valence-electron chi connectivity index (χ2n) is 7.57. The first kappa shape index (κ1) is 25.4. The van der Waals surface area contributed by atoms with Crippen molar-refractivity contribution in [2.75, 3.05) is 40.0 Å². The zero-order valence-electron chi connectivity index (χ0n) is 18.8. The molecule has 1 fully saturated rings. The van der Waals surface area contributed by atoms with E-state index in [9.17, 15) is 0 Å². The van der Waals surface area contributed by atoms with Gasteiger partial charge in [-0.25, -0.2) is 4.99 Å². The maximum atomic E-state index is 5.51. The van der Waals surface area contributed by atoms with Gasteiger partial charge in [-0.15, -0.1) is 24.0 Å². The minimum Gasteiger partial charge on any atom is -0.496 e. The molecule has 3 rings (SSSR count). The van der Waals surface area contributed by atoms with E-state index in [1.807, 2.05) is 0 Å². The predicted octanol–water partition coefficient (Wildman–Crippen LogP) is 3.71. The van der Waals surface area contributed by atoms with Gasteiger partial charge in [0.2, 0.25) is 0 Å². The standard InChI is InChI=1S/C24H34N4O2.HI/c1-4-25-24(27-17-22-9-8-19(2)14-23(22)29-3)26-16-20-6-5-7-21(15-20)18-28-10-12-30-13-11-28;/h5-9,14-15H,4,10-13,16-18H2,1-3H3,(H2,25,26,27);1H. The van der Waals surface area contributed by atoms with Gasteiger partial charge in [-0.2, -0.15) is 0 Å². The molecule has 6 nitrogen and oxygen atoms in total. The number of hydrogen-bond donors (Lipinski definition) is 2. The SMILES string of the molecule is CCNC(=NCc1cccc(CN2CCOCC2)c1)NCc1ccc(C)cc1OC.I. The Balaban J connectivity index is 0.00000341. The van der Waals surface area contributed by atoms with Gasteiger partial charge in [0, 0.05) is 38.3 Å². The lowest BCUT2D eigenvalue weighted by atomic mass is 10.1. The molecule has 0 bridgehead atoms. The Morgan fingerprint density at radius 3 is 2.61 bits per heavy atom. The number of halogens is 1. The highest BCUT2D eigenvalue weighted by Crippen LogP contribution is 2.19. The van der Waals surface area contributed by atoms with E-state index in [2.05, 4.69) is 71.8 Å². The lowest BCUT2D eigenvalue weighted by molar-refractivity contribution is 0.0342.